The molecule has 0 amide bonds. The lowest BCUT2D eigenvalue weighted by Gasteiger charge is -2.19. The van der Waals surface area contributed by atoms with Crippen LogP contribution in [0.4, 0.5) is 0 Å². The van der Waals surface area contributed by atoms with E-state index in [0.29, 0.717) is 6.04 Å². The Hall–Kier alpha value is -0.470. The predicted molar refractivity (Wildman–Crippen MR) is 78.7 cm³/mol. The van der Waals surface area contributed by atoms with Crippen LogP contribution in [0, 0.1) is 5.92 Å². The zero-order valence-electron chi connectivity index (χ0n) is 11.5. The molecule has 2 unspecified atom stereocenters. The standard InChI is InChI=1S/C15H25NS/c1-5-12(3)11-17-15-10-8-7-9-13(15)14(6-2)16-4/h7-10,12,14,16H,5-6,11H2,1-4H3. The van der Waals surface area contributed by atoms with Gasteiger partial charge in [-0.25, -0.2) is 0 Å². The number of thioether (sulfide) groups is 1. The van der Waals surface area contributed by atoms with Gasteiger partial charge in [-0.1, -0.05) is 45.4 Å². The van der Waals surface area contributed by atoms with Crippen LogP contribution in [0.3, 0.4) is 0 Å². The van der Waals surface area contributed by atoms with Crippen molar-refractivity contribution in [3.63, 3.8) is 0 Å². The third kappa shape index (κ3) is 4.36. The van der Waals surface area contributed by atoms with Gasteiger partial charge in [-0.2, -0.15) is 0 Å². The van der Waals surface area contributed by atoms with Crippen molar-refractivity contribution in [3.8, 4) is 0 Å². The van der Waals surface area contributed by atoms with Crippen molar-refractivity contribution in [3.05, 3.63) is 29.8 Å². The van der Waals surface area contributed by atoms with Crippen LogP contribution in [-0.2, 0) is 0 Å². The van der Waals surface area contributed by atoms with Crippen LogP contribution in [-0.4, -0.2) is 12.8 Å². The van der Waals surface area contributed by atoms with Crippen LogP contribution >= 0.6 is 11.8 Å². The van der Waals surface area contributed by atoms with Gasteiger partial charge in [0, 0.05) is 16.7 Å². The van der Waals surface area contributed by atoms with E-state index in [1.54, 1.807) is 0 Å². The largest absolute Gasteiger partial charge is 0.313 e. The molecule has 0 saturated heterocycles. The molecule has 0 aliphatic carbocycles. The van der Waals surface area contributed by atoms with Gasteiger partial charge in [-0.05, 0) is 31.0 Å². The second-order valence-corrected chi connectivity index (χ2v) is 5.67. The van der Waals surface area contributed by atoms with E-state index in [-0.39, 0.29) is 0 Å². The fourth-order valence-corrected chi connectivity index (χ4v) is 3.08. The zero-order valence-corrected chi connectivity index (χ0v) is 12.3. The fourth-order valence-electron chi connectivity index (χ4n) is 1.83. The van der Waals surface area contributed by atoms with Crippen molar-refractivity contribution in [1.82, 2.24) is 5.32 Å². The molecular formula is C15H25NS. The summed E-state index contributed by atoms with van der Waals surface area (Å²) < 4.78 is 0. The number of hydrogen-bond acceptors (Lipinski definition) is 2. The molecule has 0 aliphatic rings. The minimum absolute atomic E-state index is 0.482. The fraction of sp³-hybridized carbons (Fsp3) is 0.600. The lowest BCUT2D eigenvalue weighted by atomic mass is 10.1. The molecule has 1 N–H and O–H groups in total. The van der Waals surface area contributed by atoms with Crippen molar-refractivity contribution in [2.75, 3.05) is 12.8 Å². The van der Waals surface area contributed by atoms with Gasteiger partial charge in [0.05, 0.1) is 0 Å². The van der Waals surface area contributed by atoms with Gasteiger partial charge in [0.1, 0.15) is 0 Å². The van der Waals surface area contributed by atoms with Crippen LogP contribution in [0.15, 0.2) is 29.2 Å². The second-order valence-electron chi connectivity index (χ2n) is 4.61. The maximum atomic E-state index is 3.40. The number of nitrogens with one attached hydrogen (secondary N) is 1. The van der Waals surface area contributed by atoms with E-state index in [4.69, 9.17) is 0 Å². The van der Waals surface area contributed by atoms with Crippen molar-refractivity contribution in [2.45, 2.75) is 44.6 Å². The highest BCUT2D eigenvalue weighted by molar-refractivity contribution is 7.99. The molecule has 0 heterocycles. The SMILES string of the molecule is CCC(C)CSc1ccccc1C(CC)NC. The number of rotatable bonds is 7. The third-order valence-corrected chi connectivity index (χ3v) is 4.69. The van der Waals surface area contributed by atoms with Gasteiger partial charge in [0.25, 0.3) is 0 Å². The highest BCUT2D eigenvalue weighted by Gasteiger charge is 2.12. The van der Waals surface area contributed by atoms with Crippen molar-refractivity contribution in [1.29, 1.82) is 0 Å². The summed E-state index contributed by atoms with van der Waals surface area (Å²) >= 11 is 2.00. The first-order valence-electron chi connectivity index (χ1n) is 6.61. The molecule has 0 saturated carbocycles. The maximum Gasteiger partial charge on any atom is 0.0326 e. The van der Waals surface area contributed by atoms with Crippen LogP contribution in [0.1, 0.15) is 45.2 Å². The summed E-state index contributed by atoms with van der Waals surface area (Å²) in [5, 5.41) is 3.40. The molecule has 1 nitrogen and oxygen atoms in total. The Morgan fingerprint density at radius 2 is 1.88 bits per heavy atom. The summed E-state index contributed by atoms with van der Waals surface area (Å²) in [4.78, 5) is 1.44. The molecule has 2 heteroatoms. The van der Waals surface area contributed by atoms with E-state index in [9.17, 15) is 0 Å². The normalized spacial score (nSPS) is 14.6. The molecule has 0 radical (unpaired) electrons. The van der Waals surface area contributed by atoms with Gasteiger partial charge in [-0.15, -0.1) is 11.8 Å². The molecule has 0 fully saturated rings. The van der Waals surface area contributed by atoms with Gasteiger partial charge < -0.3 is 5.32 Å². The first kappa shape index (κ1) is 14.6. The zero-order chi connectivity index (χ0) is 12.7. The number of hydrogen-bond donors (Lipinski definition) is 1. The third-order valence-electron chi connectivity index (χ3n) is 3.27. The van der Waals surface area contributed by atoms with Gasteiger partial charge in [0.15, 0.2) is 0 Å². The molecule has 0 spiro atoms. The monoisotopic (exact) mass is 251 g/mol. The molecule has 0 aromatic heterocycles. The lowest BCUT2D eigenvalue weighted by Crippen LogP contribution is -2.16. The molecule has 0 aliphatic heterocycles. The van der Waals surface area contributed by atoms with Gasteiger partial charge in [-0.3, -0.25) is 0 Å². The summed E-state index contributed by atoms with van der Waals surface area (Å²) in [5.74, 6) is 2.01. The van der Waals surface area contributed by atoms with E-state index >= 15 is 0 Å². The van der Waals surface area contributed by atoms with E-state index in [0.717, 1.165) is 12.3 Å². The Morgan fingerprint density at radius 1 is 1.18 bits per heavy atom. The maximum absolute atomic E-state index is 3.40. The Balaban J connectivity index is 2.76. The minimum Gasteiger partial charge on any atom is -0.313 e. The molecular weight excluding hydrogens is 226 g/mol. The summed E-state index contributed by atoms with van der Waals surface area (Å²) in [5.41, 5.74) is 1.45. The van der Waals surface area contributed by atoms with Crippen LogP contribution < -0.4 is 5.32 Å². The summed E-state index contributed by atoms with van der Waals surface area (Å²) in [6, 6.07) is 9.27. The van der Waals surface area contributed by atoms with Crippen LogP contribution in [0.5, 0.6) is 0 Å². The highest BCUT2D eigenvalue weighted by atomic mass is 32.2. The molecule has 1 aromatic carbocycles. The lowest BCUT2D eigenvalue weighted by molar-refractivity contribution is 0.568. The second kappa shape index (κ2) is 7.78. The Bertz CT molecular complexity index is 320. The molecule has 1 rings (SSSR count). The average molecular weight is 251 g/mol. The van der Waals surface area contributed by atoms with Gasteiger partial charge >= 0.3 is 0 Å². The molecule has 1 aromatic rings. The Kier molecular flexibility index (Phi) is 6.68. The Labute approximate surface area is 110 Å². The average Bonchev–Trinajstić information content (AvgIpc) is 2.38. The topological polar surface area (TPSA) is 12.0 Å². The summed E-state index contributed by atoms with van der Waals surface area (Å²) in [6.45, 7) is 6.82. The van der Waals surface area contributed by atoms with Crippen molar-refractivity contribution >= 4 is 11.8 Å². The molecule has 17 heavy (non-hydrogen) atoms. The van der Waals surface area contributed by atoms with E-state index in [2.05, 4.69) is 50.4 Å². The van der Waals surface area contributed by atoms with Crippen molar-refractivity contribution in [2.24, 2.45) is 5.92 Å². The van der Waals surface area contributed by atoms with Gasteiger partial charge in [0.2, 0.25) is 0 Å². The van der Waals surface area contributed by atoms with Crippen LogP contribution in [0.2, 0.25) is 0 Å². The quantitative estimate of drug-likeness (QED) is 0.716. The van der Waals surface area contributed by atoms with Crippen molar-refractivity contribution < 1.29 is 0 Å². The first-order valence-corrected chi connectivity index (χ1v) is 7.60. The van der Waals surface area contributed by atoms with E-state index < -0.39 is 0 Å². The Morgan fingerprint density at radius 3 is 2.47 bits per heavy atom. The molecule has 0 bridgehead atoms. The smallest absolute Gasteiger partial charge is 0.0326 e. The minimum atomic E-state index is 0.482. The highest BCUT2D eigenvalue weighted by Crippen LogP contribution is 2.30. The summed E-state index contributed by atoms with van der Waals surface area (Å²) in [7, 11) is 2.05. The number of benzene rings is 1. The van der Waals surface area contributed by atoms with Crippen LogP contribution in [0.25, 0.3) is 0 Å². The predicted octanol–water partition coefficient (Wildman–Crippen LogP) is 4.50. The summed E-state index contributed by atoms with van der Waals surface area (Å²) in [6.07, 6.45) is 2.40. The van der Waals surface area contributed by atoms with E-state index in [1.807, 2.05) is 18.8 Å². The molecule has 2 atom stereocenters. The molecule has 96 valence electrons. The first-order chi connectivity index (χ1) is 8.22. The van der Waals surface area contributed by atoms with E-state index in [1.165, 1.54) is 22.6 Å².